The van der Waals surface area contributed by atoms with Gasteiger partial charge in [-0.15, -0.1) is 0 Å². The number of aromatic amines is 2. The molecule has 0 fully saturated rings. The standard InChI is InChI=1S/C12H12N4O2S/c1-7-2-4-8(5-3-7)16-13-6-9-10(17)14-12(19)15-11(9)18/h2-6,16H,1H3,(H3,14,15,17,18,19). The smallest absolute Gasteiger partial charge is 0.264 e. The van der Waals surface area contributed by atoms with E-state index in [2.05, 4.69) is 20.5 Å². The Morgan fingerprint density at radius 2 is 2.00 bits per heavy atom. The van der Waals surface area contributed by atoms with Gasteiger partial charge in [-0.1, -0.05) is 17.7 Å². The molecule has 0 bridgehead atoms. The van der Waals surface area contributed by atoms with Crippen LogP contribution in [0.25, 0.3) is 0 Å². The highest BCUT2D eigenvalue weighted by molar-refractivity contribution is 7.71. The predicted octanol–water partition coefficient (Wildman–Crippen LogP) is 1.89. The van der Waals surface area contributed by atoms with E-state index in [0.717, 1.165) is 11.3 Å². The maximum atomic E-state index is 11.5. The largest absolute Gasteiger partial charge is 0.494 e. The molecule has 2 rings (SSSR count). The average Bonchev–Trinajstić information content (AvgIpc) is 2.34. The molecule has 0 atom stereocenters. The van der Waals surface area contributed by atoms with E-state index in [1.165, 1.54) is 6.21 Å². The monoisotopic (exact) mass is 276 g/mol. The Balaban J connectivity index is 2.18. The van der Waals surface area contributed by atoms with Gasteiger partial charge in [-0.25, -0.2) is 0 Å². The molecule has 0 amide bonds. The fraction of sp³-hybridized carbons (Fsp3) is 0.0833. The lowest BCUT2D eigenvalue weighted by Crippen LogP contribution is -2.14. The third-order valence-corrected chi connectivity index (χ3v) is 2.60. The molecule has 0 saturated carbocycles. The normalized spacial score (nSPS) is 10.8. The minimum Gasteiger partial charge on any atom is -0.494 e. The molecule has 0 aliphatic carbocycles. The summed E-state index contributed by atoms with van der Waals surface area (Å²) in [6.07, 6.45) is 1.22. The summed E-state index contributed by atoms with van der Waals surface area (Å²) >= 11 is 4.72. The molecule has 0 spiro atoms. The molecule has 0 aliphatic rings. The van der Waals surface area contributed by atoms with Crippen molar-refractivity contribution in [1.82, 2.24) is 9.97 Å². The maximum Gasteiger partial charge on any atom is 0.264 e. The Hall–Kier alpha value is -2.41. The van der Waals surface area contributed by atoms with E-state index in [4.69, 9.17) is 12.2 Å². The second-order valence-electron chi connectivity index (χ2n) is 3.91. The summed E-state index contributed by atoms with van der Waals surface area (Å²) in [5.41, 5.74) is 4.18. The molecule has 19 heavy (non-hydrogen) atoms. The third-order valence-electron chi connectivity index (χ3n) is 2.40. The Morgan fingerprint density at radius 1 is 1.32 bits per heavy atom. The van der Waals surface area contributed by atoms with Crippen LogP contribution < -0.4 is 11.0 Å². The van der Waals surface area contributed by atoms with Crippen LogP contribution in [-0.4, -0.2) is 21.3 Å². The van der Waals surface area contributed by atoms with Gasteiger partial charge in [0, 0.05) is 0 Å². The summed E-state index contributed by atoms with van der Waals surface area (Å²) in [6, 6.07) is 7.58. The molecule has 0 aliphatic heterocycles. The van der Waals surface area contributed by atoms with Crippen LogP contribution in [0.1, 0.15) is 11.1 Å². The molecule has 2 aromatic rings. The summed E-state index contributed by atoms with van der Waals surface area (Å²) in [7, 11) is 0. The molecular weight excluding hydrogens is 264 g/mol. The zero-order chi connectivity index (χ0) is 13.8. The van der Waals surface area contributed by atoms with Crippen molar-refractivity contribution in [2.75, 3.05) is 5.43 Å². The molecule has 0 radical (unpaired) electrons. The molecule has 1 aromatic carbocycles. The summed E-state index contributed by atoms with van der Waals surface area (Å²) < 4.78 is 0.0612. The van der Waals surface area contributed by atoms with Crippen LogP contribution in [0.2, 0.25) is 0 Å². The number of hydrazone groups is 1. The Kier molecular flexibility index (Phi) is 3.76. The molecule has 6 nitrogen and oxygen atoms in total. The molecule has 7 heteroatoms. The van der Waals surface area contributed by atoms with Crippen LogP contribution in [0.5, 0.6) is 5.88 Å². The summed E-state index contributed by atoms with van der Waals surface area (Å²) in [5.74, 6) is -0.316. The summed E-state index contributed by atoms with van der Waals surface area (Å²) in [4.78, 5) is 16.3. The van der Waals surface area contributed by atoms with E-state index in [-0.39, 0.29) is 16.2 Å². The van der Waals surface area contributed by atoms with Crippen molar-refractivity contribution in [3.63, 3.8) is 0 Å². The SMILES string of the molecule is Cc1ccc(NN=Cc2c(O)[nH]c(=S)[nH]c2=O)cc1. The van der Waals surface area contributed by atoms with E-state index in [1.807, 2.05) is 31.2 Å². The van der Waals surface area contributed by atoms with E-state index in [1.54, 1.807) is 0 Å². The number of aromatic nitrogens is 2. The van der Waals surface area contributed by atoms with Crippen molar-refractivity contribution in [2.45, 2.75) is 6.92 Å². The molecule has 4 N–H and O–H groups in total. The van der Waals surface area contributed by atoms with Crippen molar-refractivity contribution in [1.29, 1.82) is 0 Å². The van der Waals surface area contributed by atoms with E-state index in [9.17, 15) is 9.90 Å². The van der Waals surface area contributed by atoms with E-state index >= 15 is 0 Å². The van der Waals surface area contributed by atoms with Crippen molar-refractivity contribution in [2.24, 2.45) is 5.10 Å². The number of hydrogen-bond acceptors (Lipinski definition) is 5. The second-order valence-corrected chi connectivity index (χ2v) is 4.31. The Labute approximate surface area is 113 Å². The molecule has 0 saturated heterocycles. The van der Waals surface area contributed by atoms with Gasteiger partial charge in [0.2, 0.25) is 5.88 Å². The maximum absolute atomic E-state index is 11.5. The van der Waals surface area contributed by atoms with Crippen LogP contribution in [0, 0.1) is 11.7 Å². The van der Waals surface area contributed by atoms with Crippen molar-refractivity contribution in [3.05, 3.63) is 50.5 Å². The lowest BCUT2D eigenvalue weighted by molar-refractivity contribution is 0.449. The molecular formula is C12H12N4O2S. The highest BCUT2D eigenvalue weighted by atomic mass is 32.1. The summed E-state index contributed by atoms with van der Waals surface area (Å²) in [5, 5.41) is 13.4. The van der Waals surface area contributed by atoms with E-state index in [0.29, 0.717) is 0 Å². The van der Waals surface area contributed by atoms with Gasteiger partial charge in [0.25, 0.3) is 5.56 Å². The summed E-state index contributed by atoms with van der Waals surface area (Å²) in [6.45, 7) is 1.98. The number of nitrogens with zero attached hydrogens (tertiary/aromatic N) is 1. The fourth-order valence-corrected chi connectivity index (χ4v) is 1.59. The zero-order valence-corrected chi connectivity index (χ0v) is 10.9. The number of anilines is 1. The molecule has 0 unspecified atom stereocenters. The molecule has 98 valence electrons. The third kappa shape index (κ3) is 3.29. The van der Waals surface area contributed by atoms with Crippen molar-refractivity contribution < 1.29 is 5.11 Å². The lowest BCUT2D eigenvalue weighted by atomic mass is 10.2. The zero-order valence-electron chi connectivity index (χ0n) is 10.1. The number of H-pyrrole nitrogens is 2. The van der Waals surface area contributed by atoms with Gasteiger partial charge in [0.1, 0.15) is 5.56 Å². The van der Waals surface area contributed by atoms with Crippen LogP contribution in [-0.2, 0) is 0 Å². The van der Waals surface area contributed by atoms with Crippen molar-refractivity contribution in [3.8, 4) is 5.88 Å². The average molecular weight is 276 g/mol. The molecule has 1 aromatic heterocycles. The first kappa shape index (κ1) is 13.0. The first-order chi connectivity index (χ1) is 9.06. The Morgan fingerprint density at radius 3 is 2.63 bits per heavy atom. The van der Waals surface area contributed by atoms with Crippen molar-refractivity contribution >= 4 is 24.1 Å². The van der Waals surface area contributed by atoms with Gasteiger partial charge < -0.3 is 10.1 Å². The molecule has 1 heterocycles. The highest BCUT2D eigenvalue weighted by Crippen LogP contribution is 2.09. The van der Waals surface area contributed by atoms with Crippen LogP contribution >= 0.6 is 12.2 Å². The fourth-order valence-electron chi connectivity index (χ4n) is 1.40. The van der Waals surface area contributed by atoms with Gasteiger partial charge in [-0.3, -0.25) is 15.2 Å². The van der Waals surface area contributed by atoms with Crippen LogP contribution in [0.4, 0.5) is 5.69 Å². The number of aryl methyl sites for hydroxylation is 1. The minimum atomic E-state index is -0.504. The number of benzene rings is 1. The number of hydrogen-bond donors (Lipinski definition) is 4. The van der Waals surface area contributed by atoms with Gasteiger partial charge in [-0.05, 0) is 31.3 Å². The lowest BCUT2D eigenvalue weighted by Gasteiger charge is -2.00. The number of aromatic hydroxyl groups is 1. The first-order valence-corrected chi connectivity index (χ1v) is 5.88. The minimum absolute atomic E-state index is 0.00760. The Bertz CT molecular complexity index is 716. The predicted molar refractivity (Wildman–Crippen MR) is 76.3 cm³/mol. The number of nitrogens with one attached hydrogen (secondary N) is 3. The quantitative estimate of drug-likeness (QED) is 0.391. The highest BCUT2D eigenvalue weighted by Gasteiger charge is 2.03. The van der Waals surface area contributed by atoms with Gasteiger partial charge in [0.15, 0.2) is 4.77 Å². The van der Waals surface area contributed by atoms with Crippen LogP contribution in [0.15, 0.2) is 34.2 Å². The second kappa shape index (κ2) is 5.49. The van der Waals surface area contributed by atoms with Gasteiger partial charge in [0.05, 0.1) is 11.9 Å². The first-order valence-electron chi connectivity index (χ1n) is 5.47. The van der Waals surface area contributed by atoms with Crippen LogP contribution in [0.3, 0.4) is 0 Å². The topological polar surface area (TPSA) is 93.3 Å². The van der Waals surface area contributed by atoms with Gasteiger partial charge in [-0.2, -0.15) is 5.10 Å². The van der Waals surface area contributed by atoms with Gasteiger partial charge >= 0.3 is 0 Å². The van der Waals surface area contributed by atoms with E-state index < -0.39 is 5.56 Å². The number of rotatable bonds is 3.